The van der Waals surface area contributed by atoms with E-state index in [-0.39, 0.29) is 4.83 Å². The van der Waals surface area contributed by atoms with E-state index in [4.69, 9.17) is 11.6 Å². The molecule has 0 amide bonds. The normalized spacial score (nSPS) is 12.8. The van der Waals surface area contributed by atoms with Gasteiger partial charge in [-0.3, -0.25) is 0 Å². The third-order valence-electron chi connectivity index (χ3n) is 2.20. The van der Waals surface area contributed by atoms with E-state index in [1.165, 1.54) is 16.0 Å². The molecular weight excluding hydrogens is 371 g/mol. The molecular formula is C12H9Br2ClS. The van der Waals surface area contributed by atoms with Gasteiger partial charge in [-0.25, -0.2) is 0 Å². The number of hydrogen-bond acceptors (Lipinski definition) is 1. The van der Waals surface area contributed by atoms with Crippen molar-refractivity contribution in [2.75, 3.05) is 0 Å². The lowest BCUT2D eigenvalue weighted by Crippen LogP contribution is -1.90. The van der Waals surface area contributed by atoms with Gasteiger partial charge in [-0.15, -0.1) is 11.3 Å². The molecule has 4 heteroatoms. The van der Waals surface area contributed by atoms with Crippen molar-refractivity contribution < 1.29 is 0 Å². The fourth-order valence-corrected chi connectivity index (χ4v) is 3.96. The van der Waals surface area contributed by atoms with E-state index in [1.54, 1.807) is 11.3 Å². The minimum atomic E-state index is 0.209. The van der Waals surface area contributed by atoms with Crippen LogP contribution in [0.2, 0.25) is 5.02 Å². The smallest absolute Gasteiger partial charge is 0.0739 e. The third-order valence-corrected chi connectivity index (χ3v) is 5.43. The van der Waals surface area contributed by atoms with Gasteiger partial charge in [0.25, 0.3) is 0 Å². The molecule has 2 rings (SSSR count). The van der Waals surface area contributed by atoms with Crippen LogP contribution in [0.25, 0.3) is 0 Å². The first-order valence-corrected chi connectivity index (χ1v) is 7.63. The van der Waals surface area contributed by atoms with Crippen molar-refractivity contribution in [2.24, 2.45) is 0 Å². The van der Waals surface area contributed by atoms with Crippen LogP contribution >= 0.6 is 54.8 Å². The van der Waals surface area contributed by atoms with Gasteiger partial charge in [-0.2, -0.15) is 0 Å². The van der Waals surface area contributed by atoms with Crippen molar-refractivity contribution in [2.45, 2.75) is 11.8 Å². The van der Waals surface area contributed by atoms with Gasteiger partial charge >= 0.3 is 0 Å². The zero-order chi connectivity index (χ0) is 11.7. The number of hydrogen-bond donors (Lipinski definition) is 0. The molecule has 0 spiro atoms. The van der Waals surface area contributed by atoms with E-state index in [0.717, 1.165) is 8.81 Å². The molecule has 0 saturated heterocycles. The molecule has 0 radical (unpaired) electrons. The van der Waals surface area contributed by atoms with Gasteiger partial charge in [-0.05, 0) is 58.2 Å². The van der Waals surface area contributed by atoms with Crippen LogP contribution in [0.15, 0.2) is 34.1 Å². The Bertz CT molecular complexity index is 487. The van der Waals surface area contributed by atoms with Gasteiger partial charge in [0.2, 0.25) is 0 Å². The summed E-state index contributed by atoms with van der Waals surface area (Å²) < 4.78 is 1.14. The Labute approximate surface area is 121 Å². The molecule has 0 fully saturated rings. The van der Waals surface area contributed by atoms with Crippen molar-refractivity contribution in [3.8, 4) is 0 Å². The molecule has 84 valence electrons. The molecule has 0 aliphatic carbocycles. The Morgan fingerprint density at radius 1 is 1.25 bits per heavy atom. The molecule has 0 saturated carbocycles. The Kier molecular flexibility index (Phi) is 4.11. The average molecular weight is 381 g/mol. The molecule has 0 aliphatic heterocycles. The number of halogens is 3. The maximum absolute atomic E-state index is 6.06. The molecule has 1 aromatic heterocycles. The number of rotatable bonds is 2. The molecule has 0 aliphatic rings. The topological polar surface area (TPSA) is 0 Å². The quantitative estimate of drug-likeness (QED) is 0.564. The highest BCUT2D eigenvalue weighted by Gasteiger charge is 2.13. The van der Waals surface area contributed by atoms with Gasteiger partial charge in [0.1, 0.15) is 0 Å². The maximum Gasteiger partial charge on any atom is 0.0739 e. The van der Waals surface area contributed by atoms with Crippen molar-refractivity contribution in [3.63, 3.8) is 0 Å². The minimum Gasteiger partial charge on any atom is -0.132 e. The summed E-state index contributed by atoms with van der Waals surface area (Å²) >= 11 is 15.0. The fraction of sp³-hybridized carbons (Fsp3) is 0.167. The number of benzene rings is 1. The summed E-state index contributed by atoms with van der Waals surface area (Å²) in [5.41, 5.74) is 2.38. The predicted molar refractivity (Wildman–Crippen MR) is 79.0 cm³/mol. The van der Waals surface area contributed by atoms with Crippen LogP contribution in [0.1, 0.15) is 20.8 Å². The van der Waals surface area contributed by atoms with E-state index >= 15 is 0 Å². The van der Waals surface area contributed by atoms with Crippen LogP contribution in [-0.2, 0) is 0 Å². The second-order valence-electron chi connectivity index (χ2n) is 3.57. The van der Waals surface area contributed by atoms with Crippen LogP contribution < -0.4 is 0 Å². The van der Waals surface area contributed by atoms with Crippen LogP contribution in [-0.4, -0.2) is 0 Å². The highest BCUT2D eigenvalue weighted by molar-refractivity contribution is 9.11. The summed E-state index contributed by atoms with van der Waals surface area (Å²) in [6, 6.07) is 10.3. The molecule has 1 unspecified atom stereocenters. The first kappa shape index (κ1) is 12.6. The van der Waals surface area contributed by atoms with Crippen molar-refractivity contribution in [1.29, 1.82) is 0 Å². The van der Waals surface area contributed by atoms with E-state index in [0.29, 0.717) is 0 Å². The largest absolute Gasteiger partial charge is 0.132 e. The summed E-state index contributed by atoms with van der Waals surface area (Å²) in [6.45, 7) is 2.05. The number of thiophene rings is 1. The summed E-state index contributed by atoms with van der Waals surface area (Å²) in [6.07, 6.45) is 0. The lowest BCUT2D eigenvalue weighted by atomic mass is 10.1. The maximum atomic E-state index is 6.06. The fourth-order valence-electron chi connectivity index (χ4n) is 1.54. The van der Waals surface area contributed by atoms with Crippen molar-refractivity contribution in [1.82, 2.24) is 0 Å². The molecule has 0 nitrogen and oxygen atoms in total. The van der Waals surface area contributed by atoms with Crippen LogP contribution in [0, 0.1) is 6.92 Å². The van der Waals surface area contributed by atoms with Gasteiger partial charge < -0.3 is 0 Å². The van der Waals surface area contributed by atoms with E-state index in [2.05, 4.69) is 57.0 Å². The summed E-state index contributed by atoms with van der Waals surface area (Å²) in [5, 5.41) is 0.787. The Hall–Kier alpha value is 0.170. The SMILES string of the molecule is Cc1cc(Cl)cc(C(Br)c2ccc(Br)s2)c1. The summed E-state index contributed by atoms with van der Waals surface area (Å²) in [5.74, 6) is 0. The van der Waals surface area contributed by atoms with E-state index < -0.39 is 0 Å². The van der Waals surface area contributed by atoms with Crippen LogP contribution in [0.4, 0.5) is 0 Å². The monoisotopic (exact) mass is 378 g/mol. The van der Waals surface area contributed by atoms with Crippen molar-refractivity contribution >= 4 is 54.8 Å². The second-order valence-corrected chi connectivity index (χ2v) is 7.41. The highest BCUT2D eigenvalue weighted by Crippen LogP contribution is 2.37. The van der Waals surface area contributed by atoms with Gasteiger partial charge in [0.15, 0.2) is 0 Å². The number of alkyl halides is 1. The molecule has 1 aromatic carbocycles. The predicted octanol–water partition coefficient (Wildman–Crippen LogP) is 5.96. The Morgan fingerprint density at radius 3 is 2.56 bits per heavy atom. The second kappa shape index (κ2) is 5.21. The van der Waals surface area contributed by atoms with Crippen LogP contribution in [0.5, 0.6) is 0 Å². The van der Waals surface area contributed by atoms with Gasteiger partial charge in [0, 0.05) is 9.90 Å². The number of aryl methyl sites for hydroxylation is 1. The first-order valence-electron chi connectivity index (χ1n) is 4.72. The standard InChI is InChI=1S/C12H9Br2ClS/c1-7-4-8(6-9(15)5-7)12(14)10-2-3-11(13)16-10/h2-6,12H,1H3. The lowest BCUT2D eigenvalue weighted by molar-refractivity contribution is 1.21. The summed E-state index contributed by atoms with van der Waals surface area (Å²) in [4.78, 5) is 1.48. The first-order chi connectivity index (χ1) is 7.56. The molecule has 2 aromatic rings. The van der Waals surface area contributed by atoms with Gasteiger partial charge in [-0.1, -0.05) is 33.6 Å². The van der Waals surface area contributed by atoms with E-state index in [1.807, 2.05) is 12.1 Å². The average Bonchev–Trinajstić information content (AvgIpc) is 2.62. The zero-order valence-corrected chi connectivity index (χ0v) is 13.3. The molecule has 16 heavy (non-hydrogen) atoms. The molecule has 0 bridgehead atoms. The molecule has 0 N–H and O–H groups in total. The zero-order valence-electron chi connectivity index (χ0n) is 8.51. The Balaban J connectivity index is 2.37. The lowest BCUT2D eigenvalue weighted by Gasteiger charge is -2.09. The molecule has 1 heterocycles. The van der Waals surface area contributed by atoms with E-state index in [9.17, 15) is 0 Å². The molecule has 1 atom stereocenters. The van der Waals surface area contributed by atoms with Crippen LogP contribution in [0.3, 0.4) is 0 Å². The summed E-state index contributed by atoms with van der Waals surface area (Å²) in [7, 11) is 0. The van der Waals surface area contributed by atoms with Crippen molar-refractivity contribution in [3.05, 3.63) is 55.1 Å². The Morgan fingerprint density at radius 2 is 2.00 bits per heavy atom. The third kappa shape index (κ3) is 2.89. The highest BCUT2D eigenvalue weighted by atomic mass is 79.9. The minimum absolute atomic E-state index is 0.209. The van der Waals surface area contributed by atoms with Gasteiger partial charge in [0.05, 0.1) is 8.61 Å².